The predicted octanol–water partition coefficient (Wildman–Crippen LogP) is 3.46. The molecule has 0 amide bonds. The molecular weight excluding hydrogens is 354 g/mol. The molecule has 2 aromatic rings. The minimum atomic E-state index is 0.321. The second-order valence-electron chi connectivity index (χ2n) is 5.67. The normalized spacial score (nSPS) is 16.7. The molecule has 1 aliphatic heterocycles. The topological polar surface area (TPSA) is 35.1 Å². The van der Waals surface area contributed by atoms with Gasteiger partial charge in [-0.2, -0.15) is 0 Å². The van der Waals surface area contributed by atoms with Crippen LogP contribution in [0.1, 0.15) is 36.6 Å². The third-order valence-electron chi connectivity index (χ3n) is 4.19. The minimum absolute atomic E-state index is 0.321. The maximum atomic E-state index is 5.81. The lowest BCUT2D eigenvalue weighted by atomic mass is 9.89. The lowest BCUT2D eigenvalue weighted by molar-refractivity contribution is -0.690. The summed E-state index contributed by atoms with van der Waals surface area (Å²) < 4.78 is 12.7. The summed E-state index contributed by atoms with van der Waals surface area (Å²) in [4.78, 5) is 0. The van der Waals surface area contributed by atoms with Crippen LogP contribution in [0.2, 0.25) is 0 Å². The zero-order chi connectivity index (χ0) is 16.2. The monoisotopic (exact) mass is 376 g/mol. The summed E-state index contributed by atoms with van der Waals surface area (Å²) in [6, 6.07) is 13.3. The third kappa shape index (κ3) is 3.54. The molecule has 2 N–H and O–H groups in total. The molecule has 1 heterocycles. The molecule has 0 bridgehead atoms. The van der Waals surface area contributed by atoms with Crippen LogP contribution in [0.15, 0.2) is 40.9 Å². The number of benzene rings is 2. The average molecular weight is 377 g/mol. The minimum Gasteiger partial charge on any atom is -0.490 e. The van der Waals surface area contributed by atoms with Gasteiger partial charge in [0.15, 0.2) is 11.5 Å². The molecule has 0 unspecified atom stereocenters. The van der Waals surface area contributed by atoms with Crippen LogP contribution in [-0.4, -0.2) is 19.8 Å². The Hall–Kier alpha value is -1.52. The maximum absolute atomic E-state index is 5.81. The van der Waals surface area contributed by atoms with Crippen molar-refractivity contribution in [2.24, 2.45) is 0 Å². The Balaban J connectivity index is 2.02. The van der Waals surface area contributed by atoms with E-state index >= 15 is 0 Å². The van der Waals surface area contributed by atoms with Gasteiger partial charge < -0.3 is 14.8 Å². The second kappa shape index (κ2) is 7.37. The first kappa shape index (κ1) is 16.3. The highest BCUT2D eigenvalue weighted by Gasteiger charge is 2.27. The van der Waals surface area contributed by atoms with E-state index in [-0.39, 0.29) is 0 Å². The van der Waals surface area contributed by atoms with E-state index in [1.807, 2.05) is 13.8 Å². The zero-order valence-electron chi connectivity index (χ0n) is 13.6. The quantitative estimate of drug-likeness (QED) is 0.866. The molecule has 2 aromatic carbocycles. The molecule has 122 valence electrons. The highest BCUT2D eigenvalue weighted by atomic mass is 79.9. The van der Waals surface area contributed by atoms with Crippen molar-refractivity contribution in [1.29, 1.82) is 0 Å². The first-order valence-electron chi connectivity index (χ1n) is 8.24. The Morgan fingerprint density at radius 3 is 2.35 bits per heavy atom. The largest absolute Gasteiger partial charge is 0.490 e. The molecule has 1 aliphatic rings. The predicted molar refractivity (Wildman–Crippen MR) is 95.3 cm³/mol. The Morgan fingerprint density at radius 1 is 1.04 bits per heavy atom. The van der Waals surface area contributed by atoms with Crippen LogP contribution >= 0.6 is 15.9 Å². The van der Waals surface area contributed by atoms with Crippen molar-refractivity contribution in [3.05, 3.63) is 57.6 Å². The van der Waals surface area contributed by atoms with Gasteiger partial charge in [-0.05, 0) is 43.7 Å². The van der Waals surface area contributed by atoms with Crippen molar-refractivity contribution >= 4 is 15.9 Å². The summed E-state index contributed by atoms with van der Waals surface area (Å²) in [6.45, 7) is 6.40. The average Bonchev–Trinajstić information content (AvgIpc) is 2.56. The molecule has 3 rings (SSSR count). The summed E-state index contributed by atoms with van der Waals surface area (Å²) in [6.07, 6.45) is 1.06. The number of hydrogen-bond donors (Lipinski definition) is 1. The van der Waals surface area contributed by atoms with E-state index in [0.29, 0.717) is 19.3 Å². The van der Waals surface area contributed by atoms with E-state index in [1.165, 1.54) is 16.7 Å². The van der Waals surface area contributed by atoms with Gasteiger partial charge in [0.25, 0.3) is 0 Å². The summed E-state index contributed by atoms with van der Waals surface area (Å²) >= 11 is 3.51. The van der Waals surface area contributed by atoms with E-state index in [9.17, 15) is 0 Å². The Labute approximate surface area is 146 Å². The molecule has 0 radical (unpaired) electrons. The van der Waals surface area contributed by atoms with Crippen LogP contribution in [0.25, 0.3) is 0 Å². The van der Waals surface area contributed by atoms with Crippen molar-refractivity contribution in [2.45, 2.75) is 26.3 Å². The summed E-state index contributed by atoms with van der Waals surface area (Å²) in [7, 11) is 0. The third-order valence-corrected chi connectivity index (χ3v) is 4.71. The SMILES string of the molecule is CCOc1cc2c(cc1OCC)[C@H](c1ccc(Br)cc1)[NH2+]CC2. The standard InChI is InChI=1S/C19H22BrNO2/c1-3-22-17-11-14-9-10-21-19(13-5-7-15(20)8-6-13)16(14)12-18(17)23-4-2/h5-8,11-12,19,21H,3-4,9-10H2,1-2H3/p+1/t19-/m0/s1. The van der Waals surface area contributed by atoms with Gasteiger partial charge in [-0.15, -0.1) is 0 Å². The Kier molecular flexibility index (Phi) is 5.23. The molecule has 0 saturated heterocycles. The first-order valence-corrected chi connectivity index (χ1v) is 9.03. The summed E-state index contributed by atoms with van der Waals surface area (Å²) in [5.41, 5.74) is 4.03. The number of hydrogen-bond acceptors (Lipinski definition) is 2. The molecule has 0 aliphatic carbocycles. The number of quaternary nitrogens is 1. The molecule has 0 spiro atoms. The molecule has 0 fully saturated rings. The zero-order valence-corrected chi connectivity index (χ0v) is 15.2. The van der Waals surface area contributed by atoms with Crippen LogP contribution in [0.3, 0.4) is 0 Å². The van der Waals surface area contributed by atoms with Crippen LogP contribution in [0, 0.1) is 0 Å². The summed E-state index contributed by atoms with van der Waals surface area (Å²) in [5.74, 6) is 1.72. The van der Waals surface area contributed by atoms with Gasteiger partial charge >= 0.3 is 0 Å². The summed E-state index contributed by atoms with van der Waals surface area (Å²) in [5, 5.41) is 2.40. The highest BCUT2D eigenvalue weighted by Crippen LogP contribution is 2.36. The number of ether oxygens (including phenoxy) is 2. The fourth-order valence-corrected chi connectivity index (χ4v) is 3.44. The van der Waals surface area contributed by atoms with E-state index in [4.69, 9.17) is 9.47 Å². The van der Waals surface area contributed by atoms with E-state index in [1.54, 1.807) is 0 Å². The lowest BCUT2D eigenvalue weighted by Gasteiger charge is -2.26. The number of halogens is 1. The van der Waals surface area contributed by atoms with Crippen molar-refractivity contribution in [1.82, 2.24) is 0 Å². The smallest absolute Gasteiger partial charge is 0.161 e. The van der Waals surface area contributed by atoms with E-state index in [2.05, 4.69) is 57.6 Å². The van der Waals surface area contributed by atoms with Gasteiger partial charge in [0, 0.05) is 22.0 Å². The van der Waals surface area contributed by atoms with E-state index < -0.39 is 0 Å². The molecule has 0 aromatic heterocycles. The molecule has 23 heavy (non-hydrogen) atoms. The van der Waals surface area contributed by atoms with Gasteiger partial charge in [0.2, 0.25) is 0 Å². The molecule has 0 saturated carbocycles. The van der Waals surface area contributed by atoms with E-state index in [0.717, 1.165) is 28.9 Å². The fraction of sp³-hybridized carbons (Fsp3) is 0.368. The van der Waals surface area contributed by atoms with Crippen molar-refractivity contribution < 1.29 is 14.8 Å². The van der Waals surface area contributed by atoms with Crippen LogP contribution in [0.4, 0.5) is 0 Å². The van der Waals surface area contributed by atoms with Crippen molar-refractivity contribution in [3.8, 4) is 11.5 Å². The van der Waals surface area contributed by atoms with Gasteiger partial charge in [-0.3, -0.25) is 0 Å². The highest BCUT2D eigenvalue weighted by molar-refractivity contribution is 9.10. The van der Waals surface area contributed by atoms with Crippen LogP contribution < -0.4 is 14.8 Å². The number of fused-ring (bicyclic) bond motifs is 1. The number of nitrogens with two attached hydrogens (primary N) is 1. The van der Waals surface area contributed by atoms with Crippen molar-refractivity contribution in [3.63, 3.8) is 0 Å². The molecule has 1 atom stereocenters. The van der Waals surface area contributed by atoms with Crippen LogP contribution in [-0.2, 0) is 6.42 Å². The second-order valence-corrected chi connectivity index (χ2v) is 6.58. The van der Waals surface area contributed by atoms with Gasteiger partial charge in [0.1, 0.15) is 6.04 Å². The van der Waals surface area contributed by atoms with Gasteiger partial charge in [0.05, 0.1) is 19.8 Å². The fourth-order valence-electron chi connectivity index (χ4n) is 3.18. The molecular formula is C19H23BrNO2+. The first-order chi connectivity index (χ1) is 11.2. The van der Waals surface area contributed by atoms with Gasteiger partial charge in [-0.25, -0.2) is 0 Å². The van der Waals surface area contributed by atoms with Crippen molar-refractivity contribution in [2.75, 3.05) is 19.8 Å². The van der Waals surface area contributed by atoms with Gasteiger partial charge in [-0.1, -0.05) is 28.1 Å². The van der Waals surface area contributed by atoms with Crippen LogP contribution in [0.5, 0.6) is 11.5 Å². The lowest BCUT2D eigenvalue weighted by Crippen LogP contribution is -2.87. The maximum Gasteiger partial charge on any atom is 0.161 e. The number of rotatable bonds is 5. The Morgan fingerprint density at radius 2 is 1.70 bits per heavy atom. The molecule has 4 heteroatoms. The molecule has 3 nitrogen and oxygen atoms in total. The Bertz CT molecular complexity index is 670.